The van der Waals surface area contributed by atoms with Gasteiger partial charge in [0.2, 0.25) is 0 Å². The van der Waals surface area contributed by atoms with E-state index in [2.05, 4.69) is 40.2 Å². The Labute approximate surface area is 117 Å². The van der Waals surface area contributed by atoms with E-state index in [0.717, 1.165) is 11.0 Å². The van der Waals surface area contributed by atoms with E-state index in [4.69, 9.17) is 5.73 Å². The minimum atomic E-state index is 0.275. The van der Waals surface area contributed by atoms with Gasteiger partial charge in [0.15, 0.2) is 0 Å². The van der Waals surface area contributed by atoms with Crippen molar-refractivity contribution in [2.45, 2.75) is 48.2 Å². The second-order valence-electron chi connectivity index (χ2n) is 4.86. The number of hydrogen-bond donors (Lipinski definition) is 1. The quantitative estimate of drug-likeness (QED) is 0.826. The average Bonchev–Trinajstić information content (AvgIpc) is 2.55. The summed E-state index contributed by atoms with van der Waals surface area (Å²) >= 11 is 5.52. The fourth-order valence-corrected chi connectivity index (χ4v) is 4.46. The van der Waals surface area contributed by atoms with Crippen LogP contribution in [0.3, 0.4) is 0 Å². The highest BCUT2D eigenvalue weighted by Crippen LogP contribution is 2.42. The summed E-state index contributed by atoms with van der Waals surface area (Å²) in [4.78, 5) is 1.34. The third-order valence-corrected chi connectivity index (χ3v) is 5.51. The van der Waals surface area contributed by atoms with E-state index in [-0.39, 0.29) is 4.75 Å². The van der Waals surface area contributed by atoms with Gasteiger partial charge in [-0.3, -0.25) is 0 Å². The molecule has 0 unspecified atom stereocenters. The number of thioether (sulfide) groups is 1. The van der Waals surface area contributed by atoms with Crippen molar-refractivity contribution in [1.82, 2.24) is 0 Å². The largest absolute Gasteiger partial charge is 0.329 e. The predicted molar refractivity (Wildman–Crippen MR) is 79.5 cm³/mol. The lowest BCUT2D eigenvalue weighted by Gasteiger charge is -2.30. The first-order valence-corrected chi connectivity index (χ1v) is 8.00. The second-order valence-corrected chi connectivity index (χ2v) is 7.32. The monoisotopic (exact) mass is 313 g/mol. The molecule has 0 aromatic heterocycles. The molecule has 0 spiro atoms. The van der Waals surface area contributed by atoms with E-state index in [1.807, 2.05) is 11.8 Å². The highest BCUT2D eigenvalue weighted by molar-refractivity contribution is 9.10. The Morgan fingerprint density at radius 1 is 1.18 bits per heavy atom. The molecule has 1 saturated carbocycles. The van der Waals surface area contributed by atoms with Crippen LogP contribution in [0.2, 0.25) is 0 Å². The smallest absolute Gasteiger partial charge is 0.0329 e. The normalized spacial score (nSPS) is 19.9. The Morgan fingerprint density at radius 3 is 2.47 bits per heavy atom. The molecule has 1 aromatic rings. The van der Waals surface area contributed by atoms with Crippen LogP contribution >= 0.6 is 27.7 Å². The van der Waals surface area contributed by atoms with Crippen LogP contribution in [0, 0.1) is 0 Å². The van der Waals surface area contributed by atoms with Crippen molar-refractivity contribution in [2.24, 2.45) is 5.73 Å². The van der Waals surface area contributed by atoms with Gasteiger partial charge < -0.3 is 5.73 Å². The van der Waals surface area contributed by atoms with Crippen LogP contribution in [0.5, 0.6) is 0 Å². The van der Waals surface area contributed by atoms with E-state index in [9.17, 15) is 0 Å². The van der Waals surface area contributed by atoms with Crippen LogP contribution in [0.25, 0.3) is 0 Å². The van der Waals surface area contributed by atoms with Gasteiger partial charge >= 0.3 is 0 Å². The fraction of sp³-hybridized carbons (Fsp3) is 0.571. The molecule has 1 aromatic carbocycles. The van der Waals surface area contributed by atoms with Crippen molar-refractivity contribution >= 4 is 27.7 Å². The third kappa shape index (κ3) is 3.73. The Hall–Kier alpha value is 0.01000. The number of benzene rings is 1. The van der Waals surface area contributed by atoms with E-state index in [1.54, 1.807) is 0 Å². The van der Waals surface area contributed by atoms with Gasteiger partial charge in [-0.25, -0.2) is 0 Å². The molecule has 17 heavy (non-hydrogen) atoms. The highest BCUT2D eigenvalue weighted by atomic mass is 79.9. The summed E-state index contributed by atoms with van der Waals surface area (Å²) in [5, 5.41) is 0. The molecule has 0 radical (unpaired) electrons. The van der Waals surface area contributed by atoms with Gasteiger partial charge in [-0.05, 0) is 31.0 Å². The number of halogens is 1. The maximum atomic E-state index is 6.06. The van der Waals surface area contributed by atoms with Crippen LogP contribution in [-0.4, -0.2) is 11.3 Å². The van der Waals surface area contributed by atoms with Gasteiger partial charge in [-0.1, -0.05) is 47.7 Å². The molecule has 0 saturated heterocycles. The Morgan fingerprint density at radius 2 is 1.88 bits per heavy atom. The van der Waals surface area contributed by atoms with E-state index < -0.39 is 0 Å². The van der Waals surface area contributed by atoms with Crippen molar-refractivity contribution in [1.29, 1.82) is 0 Å². The summed E-state index contributed by atoms with van der Waals surface area (Å²) in [5.74, 6) is 0. The third-order valence-electron chi connectivity index (χ3n) is 3.52. The zero-order chi connectivity index (χ0) is 12.1. The van der Waals surface area contributed by atoms with Crippen molar-refractivity contribution in [3.8, 4) is 0 Å². The molecular formula is C14H20BrNS. The molecule has 94 valence electrons. The van der Waals surface area contributed by atoms with Gasteiger partial charge in [0, 0.05) is 20.7 Å². The number of hydrogen-bond acceptors (Lipinski definition) is 2. The van der Waals surface area contributed by atoms with Crippen LogP contribution in [-0.2, 0) is 0 Å². The topological polar surface area (TPSA) is 26.0 Å². The standard InChI is InChI=1S/C14H20BrNS/c15-12-6-5-7-13(10-12)17-14(11-16)8-3-1-2-4-9-14/h5-7,10H,1-4,8-9,11,16H2. The maximum absolute atomic E-state index is 6.06. The van der Waals surface area contributed by atoms with Crippen molar-refractivity contribution in [2.75, 3.05) is 6.54 Å². The summed E-state index contributed by atoms with van der Waals surface area (Å²) in [6.07, 6.45) is 7.94. The molecule has 2 rings (SSSR count). The van der Waals surface area contributed by atoms with Crippen LogP contribution in [0.1, 0.15) is 38.5 Å². The molecule has 0 aliphatic heterocycles. The molecule has 0 amide bonds. The molecule has 0 heterocycles. The highest BCUT2D eigenvalue weighted by Gasteiger charge is 2.30. The summed E-state index contributed by atoms with van der Waals surface area (Å²) < 4.78 is 1.43. The van der Waals surface area contributed by atoms with Gasteiger partial charge in [0.05, 0.1) is 0 Å². The minimum Gasteiger partial charge on any atom is -0.329 e. The maximum Gasteiger partial charge on any atom is 0.0329 e. The number of rotatable bonds is 3. The molecular weight excluding hydrogens is 294 g/mol. The fourth-order valence-electron chi connectivity index (χ4n) is 2.50. The van der Waals surface area contributed by atoms with Crippen molar-refractivity contribution in [3.05, 3.63) is 28.7 Å². The van der Waals surface area contributed by atoms with Gasteiger partial charge in [0.25, 0.3) is 0 Å². The number of nitrogens with two attached hydrogens (primary N) is 1. The Kier molecular flexibility index (Phi) is 4.95. The first-order valence-electron chi connectivity index (χ1n) is 6.39. The lowest BCUT2D eigenvalue weighted by Crippen LogP contribution is -2.33. The van der Waals surface area contributed by atoms with Crippen molar-refractivity contribution < 1.29 is 0 Å². The molecule has 0 atom stereocenters. The Balaban J connectivity index is 2.12. The zero-order valence-corrected chi connectivity index (χ0v) is 12.5. The summed E-state index contributed by atoms with van der Waals surface area (Å²) in [6, 6.07) is 8.57. The molecule has 1 aliphatic carbocycles. The molecule has 1 fully saturated rings. The lowest BCUT2D eigenvalue weighted by atomic mass is 9.99. The molecule has 1 nitrogen and oxygen atoms in total. The van der Waals surface area contributed by atoms with Crippen LogP contribution in [0.15, 0.2) is 33.6 Å². The average molecular weight is 314 g/mol. The zero-order valence-electron chi connectivity index (χ0n) is 10.1. The van der Waals surface area contributed by atoms with Crippen molar-refractivity contribution in [3.63, 3.8) is 0 Å². The van der Waals surface area contributed by atoms with E-state index in [1.165, 1.54) is 43.4 Å². The molecule has 0 bridgehead atoms. The van der Waals surface area contributed by atoms with Gasteiger partial charge in [-0.15, -0.1) is 11.8 Å². The lowest BCUT2D eigenvalue weighted by molar-refractivity contribution is 0.521. The summed E-state index contributed by atoms with van der Waals surface area (Å²) in [6.45, 7) is 0.796. The minimum absolute atomic E-state index is 0.275. The van der Waals surface area contributed by atoms with Gasteiger partial charge in [0.1, 0.15) is 0 Å². The van der Waals surface area contributed by atoms with Gasteiger partial charge in [-0.2, -0.15) is 0 Å². The molecule has 2 N–H and O–H groups in total. The summed E-state index contributed by atoms with van der Waals surface area (Å²) in [7, 11) is 0. The first kappa shape index (κ1) is 13.4. The molecule has 1 aliphatic rings. The second kappa shape index (κ2) is 6.26. The SMILES string of the molecule is NCC1(Sc2cccc(Br)c2)CCCCCC1. The van der Waals surface area contributed by atoms with Crippen LogP contribution < -0.4 is 5.73 Å². The first-order chi connectivity index (χ1) is 8.24. The molecule has 3 heteroatoms. The van der Waals surface area contributed by atoms with E-state index >= 15 is 0 Å². The predicted octanol–water partition coefficient (Wildman–Crippen LogP) is 4.59. The van der Waals surface area contributed by atoms with E-state index in [0.29, 0.717) is 0 Å². The van der Waals surface area contributed by atoms with Crippen LogP contribution in [0.4, 0.5) is 0 Å². The Bertz CT molecular complexity index is 359. The summed E-state index contributed by atoms with van der Waals surface area (Å²) in [5.41, 5.74) is 6.06.